The van der Waals surface area contributed by atoms with Gasteiger partial charge in [0.1, 0.15) is 6.54 Å². The van der Waals surface area contributed by atoms with Crippen LogP contribution in [0.15, 0.2) is 48.5 Å². The predicted molar refractivity (Wildman–Crippen MR) is 119 cm³/mol. The molecule has 0 aliphatic carbocycles. The number of anilines is 1. The van der Waals surface area contributed by atoms with Crippen molar-refractivity contribution in [2.24, 2.45) is 0 Å². The van der Waals surface area contributed by atoms with Crippen LogP contribution in [0, 0.1) is 6.92 Å². The van der Waals surface area contributed by atoms with Crippen LogP contribution in [0.4, 0.5) is 18.9 Å². The molecule has 0 aliphatic rings. The number of nitrogens with zero attached hydrogens (tertiary/aromatic N) is 1. The highest BCUT2D eigenvalue weighted by Crippen LogP contribution is 2.32. The largest absolute Gasteiger partial charge is 0.416 e. The second-order valence-corrected chi connectivity index (χ2v) is 10.0. The Morgan fingerprint density at radius 2 is 1.84 bits per heavy atom. The number of thioether (sulfide) groups is 1. The lowest BCUT2D eigenvalue weighted by Crippen LogP contribution is -2.40. The fourth-order valence-electron chi connectivity index (χ4n) is 2.78. The third-order valence-corrected chi connectivity index (χ3v) is 6.69. The zero-order valence-electron chi connectivity index (χ0n) is 17.3. The molecule has 0 heterocycles. The second kappa shape index (κ2) is 10.9. The van der Waals surface area contributed by atoms with E-state index in [1.165, 1.54) is 17.2 Å². The number of carbonyl (C=O) groups is 1. The minimum Gasteiger partial charge on any atom is -0.354 e. The number of halogens is 3. The molecule has 10 heteroatoms. The SMILES string of the molecule is Cc1ccccc1CSCCCNC(=O)CN(c1cccc(C(F)(F)F)c1)S(C)(=O)=O. The molecule has 2 aromatic rings. The number of sulfonamides is 1. The van der Waals surface area contributed by atoms with E-state index in [4.69, 9.17) is 0 Å². The van der Waals surface area contributed by atoms with Crippen LogP contribution in [0.25, 0.3) is 0 Å². The van der Waals surface area contributed by atoms with Crippen LogP contribution in [0.2, 0.25) is 0 Å². The first-order chi connectivity index (χ1) is 14.5. The molecule has 1 amide bonds. The van der Waals surface area contributed by atoms with Crippen molar-refractivity contribution in [2.75, 3.05) is 29.4 Å². The van der Waals surface area contributed by atoms with E-state index >= 15 is 0 Å². The van der Waals surface area contributed by atoms with Crippen LogP contribution in [0.5, 0.6) is 0 Å². The third kappa shape index (κ3) is 8.10. The third-order valence-electron chi connectivity index (χ3n) is 4.46. The molecule has 0 atom stereocenters. The molecule has 1 N–H and O–H groups in total. The fraction of sp³-hybridized carbons (Fsp3) is 0.381. The number of carbonyl (C=O) groups excluding carboxylic acids is 1. The van der Waals surface area contributed by atoms with E-state index in [-0.39, 0.29) is 5.69 Å². The number of aryl methyl sites for hydroxylation is 1. The number of hydrogen-bond acceptors (Lipinski definition) is 4. The Morgan fingerprint density at radius 1 is 1.13 bits per heavy atom. The summed E-state index contributed by atoms with van der Waals surface area (Å²) >= 11 is 1.73. The maximum atomic E-state index is 12.9. The maximum Gasteiger partial charge on any atom is 0.416 e. The summed E-state index contributed by atoms with van der Waals surface area (Å²) in [6.07, 6.45) is -3.08. The lowest BCUT2D eigenvalue weighted by atomic mass is 10.1. The van der Waals surface area contributed by atoms with Crippen molar-refractivity contribution in [3.8, 4) is 0 Å². The zero-order chi connectivity index (χ0) is 23.1. The van der Waals surface area contributed by atoms with Crippen molar-refractivity contribution in [3.63, 3.8) is 0 Å². The van der Waals surface area contributed by atoms with Crippen LogP contribution in [-0.4, -0.2) is 39.4 Å². The van der Waals surface area contributed by atoms with Crippen LogP contribution < -0.4 is 9.62 Å². The molecule has 0 fully saturated rings. The van der Waals surface area contributed by atoms with E-state index < -0.39 is 34.2 Å². The molecule has 0 unspecified atom stereocenters. The number of rotatable bonds is 10. The highest BCUT2D eigenvalue weighted by Gasteiger charge is 2.31. The van der Waals surface area contributed by atoms with Gasteiger partial charge in [-0.25, -0.2) is 8.42 Å². The van der Waals surface area contributed by atoms with Crippen LogP contribution in [-0.2, 0) is 26.7 Å². The Hall–Kier alpha value is -2.20. The molecule has 0 spiro atoms. The normalized spacial score (nSPS) is 11.9. The lowest BCUT2D eigenvalue weighted by Gasteiger charge is -2.22. The van der Waals surface area contributed by atoms with Gasteiger partial charge in [-0.1, -0.05) is 30.3 Å². The molecule has 0 bridgehead atoms. The Labute approximate surface area is 185 Å². The van der Waals surface area contributed by atoms with Gasteiger partial charge < -0.3 is 5.32 Å². The molecule has 31 heavy (non-hydrogen) atoms. The van der Waals surface area contributed by atoms with Gasteiger partial charge in [-0.2, -0.15) is 24.9 Å². The Balaban J connectivity index is 1.86. The first-order valence-electron chi connectivity index (χ1n) is 9.52. The number of hydrogen-bond donors (Lipinski definition) is 1. The number of alkyl halides is 3. The molecule has 0 saturated heterocycles. The zero-order valence-corrected chi connectivity index (χ0v) is 18.9. The summed E-state index contributed by atoms with van der Waals surface area (Å²) in [6.45, 7) is 1.81. The van der Waals surface area contributed by atoms with E-state index in [1.807, 2.05) is 25.1 Å². The van der Waals surface area contributed by atoms with Crippen molar-refractivity contribution in [3.05, 3.63) is 65.2 Å². The average molecular weight is 475 g/mol. The molecule has 5 nitrogen and oxygen atoms in total. The summed E-state index contributed by atoms with van der Waals surface area (Å²) in [6, 6.07) is 12.0. The molecule has 0 radical (unpaired) electrons. The van der Waals surface area contributed by atoms with E-state index in [0.29, 0.717) is 17.3 Å². The molecule has 2 aromatic carbocycles. The molecule has 0 aliphatic heterocycles. The summed E-state index contributed by atoms with van der Waals surface area (Å²) in [5.41, 5.74) is 1.28. The second-order valence-electron chi connectivity index (χ2n) is 7.00. The van der Waals surface area contributed by atoms with E-state index in [1.54, 1.807) is 11.8 Å². The van der Waals surface area contributed by atoms with Crippen LogP contribution >= 0.6 is 11.8 Å². The van der Waals surface area contributed by atoms with E-state index in [2.05, 4.69) is 11.4 Å². The van der Waals surface area contributed by atoms with Gasteiger partial charge in [-0.3, -0.25) is 9.10 Å². The maximum absolute atomic E-state index is 12.9. The quantitative estimate of drug-likeness (QED) is 0.524. The Bertz CT molecular complexity index is 995. The molecule has 2 rings (SSSR count). The standard InChI is InChI=1S/C21H25F3N2O3S2/c1-16-7-3-4-8-17(16)15-30-12-6-11-25-20(27)14-26(31(2,28)29)19-10-5-9-18(13-19)21(22,23)24/h3-5,7-10,13H,6,11-12,14-15H2,1-2H3,(H,25,27). The van der Waals surface area contributed by atoms with Gasteiger partial charge in [0.25, 0.3) is 0 Å². The number of amides is 1. The first-order valence-corrected chi connectivity index (χ1v) is 12.5. The average Bonchev–Trinajstić information content (AvgIpc) is 2.68. The number of nitrogens with one attached hydrogen (secondary N) is 1. The van der Waals surface area contributed by atoms with Crippen LogP contribution in [0.3, 0.4) is 0 Å². The van der Waals surface area contributed by atoms with Gasteiger partial charge in [0.05, 0.1) is 17.5 Å². The van der Waals surface area contributed by atoms with Crippen molar-refractivity contribution >= 4 is 33.4 Å². The Kier molecular flexibility index (Phi) is 8.81. The van der Waals surface area contributed by atoms with Crippen molar-refractivity contribution < 1.29 is 26.4 Å². The molecular formula is C21H25F3N2O3S2. The van der Waals surface area contributed by atoms with Crippen LogP contribution in [0.1, 0.15) is 23.1 Å². The molecule has 0 aromatic heterocycles. The minimum absolute atomic E-state index is 0.207. The highest BCUT2D eigenvalue weighted by molar-refractivity contribution is 7.98. The summed E-state index contributed by atoms with van der Waals surface area (Å²) in [5.74, 6) is 1.09. The summed E-state index contributed by atoms with van der Waals surface area (Å²) in [4.78, 5) is 12.2. The van der Waals surface area contributed by atoms with Gasteiger partial charge in [0, 0.05) is 12.3 Å². The van der Waals surface area contributed by atoms with Gasteiger partial charge in [-0.15, -0.1) is 0 Å². The molecular weight excluding hydrogens is 449 g/mol. The fourth-order valence-corrected chi connectivity index (χ4v) is 4.66. The van der Waals surface area contributed by atoms with Crippen molar-refractivity contribution in [1.29, 1.82) is 0 Å². The smallest absolute Gasteiger partial charge is 0.354 e. The topological polar surface area (TPSA) is 66.5 Å². The monoisotopic (exact) mass is 474 g/mol. The van der Waals surface area contributed by atoms with Gasteiger partial charge in [-0.05, 0) is 48.4 Å². The van der Waals surface area contributed by atoms with Gasteiger partial charge in [0.15, 0.2) is 0 Å². The lowest BCUT2D eigenvalue weighted by molar-refractivity contribution is -0.137. The number of benzene rings is 2. The van der Waals surface area contributed by atoms with Gasteiger partial charge in [0.2, 0.25) is 15.9 Å². The first kappa shape index (κ1) is 25.1. The summed E-state index contributed by atoms with van der Waals surface area (Å²) < 4.78 is 63.6. The Morgan fingerprint density at radius 3 is 2.48 bits per heavy atom. The summed E-state index contributed by atoms with van der Waals surface area (Å²) in [5, 5.41) is 2.63. The highest BCUT2D eigenvalue weighted by atomic mass is 32.2. The van der Waals surface area contributed by atoms with Crippen molar-refractivity contribution in [1.82, 2.24) is 5.32 Å². The van der Waals surface area contributed by atoms with Gasteiger partial charge >= 0.3 is 6.18 Å². The predicted octanol–water partition coefficient (Wildman–Crippen LogP) is 4.22. The minimum atomic E-state index is -4.61. The van der Waals surface area contributed by atoms with E-state index in [9.17, 15) is 26.4 Å². The van der Waals surface area contributed by atoms with E-state index in [0.717, 1.165) is 36.0 Å². The summed E-state index contributed by atoms with van der Waals surface area (Å²) in [7, 11) is -3.95. The van der Waals surface area contributed by atoms with Crippen molar-refractivity contribution in [2.45, 2.75) is 25.3 Å². The molecule has 170 valence electrons. The molecule has 0 saturated carbocycles.